The Morgan fingerprint density at radius 3 is 2.43 bits per heavy atom. The van der Waals surface area contributed by atoms with Crippen LogP contribution >= 0.6 is 0 Å². The fraction of sp³-hybridized carbons (Fsp3) is 0.188. The summed E-state index contributed by atoms with van der Waals surface area (Å²) in [5.74, 6) is 6.73. The summed E-state index contributed by atoms with van der Waals surface area (Å²) in [4.78, 5) is 14.1. The van der Waals surface area contributed by atoms with E-state index in [0.29, 0.717) is 17.1 Å². The number of hydrogen-bond acceptors (Lipinski definition) is 4. The van der Waals surface area contributed by atoms with Crippen LogP contribution in [0.5, 0.6) is 11.5 Å². The molecule has 0 amide bonds. The minimum absolute atomic E-state index is 0.0238. The molecule has 0 aliphatic heterocycles. The molecule has 5 nitrogen and oxygen atoms in total. The van der Waals surface area contributed by atoms with E-state index in [2.05, 4.69) is 16.8 Å². The molecule has 0 radical (unpaired) electrons. The van der Waals surface area contributed by atoms with Gasteiger partial charge in [-0.3, -0.25) is 15.1 Å². The lowest BCUT2D eigenvalue weighted by Gasteiger charge is -2.06. The monoisotopic (exact) mass is 284 g/mol. The molecule has 1 aromatic carbocycles. The second kappa shape index (κ2) is 8.33. The zero-order chi connectivity index (χ0) is 15.7. The minimum atomic E-state index is -0.454. The van der Waals surface area contributed by atoms with Crippen molar-refractivity contribution < 1.29 is 9.66 Å². The van der Waals surface area contributed by atoms with Crippen molar-refractivity contribution in [3.05, 3.63) is 58.4 Å². The smallest absolute Gasteiger partial charge is 0.269 e. The van der Waals surface area contributed by atoms with Crippen LogP contribution in [0.1, 0.15) is 26.3 Å². The molecule has 2 aromatic rings. The van der Waals surface area contributed by atoms with Crippen LogP contribution in [-0.2, 0) is 0 Å². The number of benzene rings is 1. The first-order valence-corrected chi connectivity index (χ1v) is 6.50. The van der Waals surface area contributed by atoms with E-state index in [-0.39, 0.29) is 5.69 Å². The fourth-order valence-electron chi connectivity index (χ4n) is 1.46. The molecule has 0 bridgehead atoms. The molecule has 5 heteroatoms. The largest absolute Gasteiger partial charge is 0.456 e. The third-order valence-electron chi connectivity index (χ3n) is 2.32. The Labute approximate surface area is 123 Å². The van der Waals surface area contributed by atoms with Gasteiger partial charge in [-0.1, -0.05) is 19.8 Å². The van der Waals surface area contributed by atoms with Gasteiger partial charge in [0.05, 0.1) is 10.5 Å². The maximum Gasteiger partial charge on any atom is 0.269 e. The predicted molar refractivity (Wildman–Crippen MR) is 81.3 cm³/mol. The maximum atomic E-state index is 10.5. The Morgan fingerprint density at radius 2 is 1.86 bits per heavy atom. The van der Waals surface area contributed by atoms with Gasteiger partial charge in [0.1, 0.15) is 11.5 Å². The summed E-state index contributed by atoms with van der Waals surface area (Å²) in [6, 6.07) is 7.56. The van der Waals surface area contributed by atoms with Gasteiger partial charge < -0.3 is 4.74 Å². The van der Waals surface area contributed by atoms with E-state index in [1.165, 1.54) is 12.1 Å². The fourth-order valence-corrected chi connectivity index (χ4v) is 1.46. The first kappa shape index (κ1) is 16.2. The van der Waals surface area contributed by atoms with E-state index >= 15 is 0 Å². The van der Waals surface area contributed by atoms with E-state index < -0.39 is 4.92 Å². The topological polar surface area (TPSA) is 65.3 Å². The average molecular weight is 284 g/mol. The van der Waals surface area contributed by atoms with E-state index in [1.807, 2.05) is 13.8 Å². The Kier molecular flexibility index (Phi) is 6.42. The number of nitrogens with zero attached hydrogens (tertiary/aromatic N) is 2. The predicted octanol–water partition coefficient (Wildman–Crippen LogP) is 4.18. The number of nitro benzene ring substituents is 1. The van der Waals surface area contributed by atoms with Crippen molar-refractivity contribution in [1.82, 2.24) is 4.98 Å². The molecule has 0 aliphatic rings. The highest BCUT2D eigenvalue weighted by Crippen LogP contribution is 2.25. The molecule has 108 valence electrons. The van der Waals surface area contributed by atoms with E-state index in [1.54, 1.807) is 37.5 Å². The first-order chi connectivity index (χ1) is 10.2. The summed E-state index contributed by atoms with van der Waals surface area (Å²) in [7, 11) is 0. The van der Waals surface area contributed by atoms with Gasteiger partial charge in [0.25, 0.3) is 5.69 Å². The molecule has 0 N–H and O–H groups in total. The number of rotatable bonds is 3. The lowest BCUT2D eigenvalue weighted by atomic mass is 10.2. The maximum absolute atomic E-state index is 10.5. The Morgan fingerprint density at radius 1 is 1.19 bits per heavy atom. The molecule has 21 heavy (non-hydrogen) atoms. The van der Waals surface area contributed by atoms with Gasteiger partial charge in [-0.05, 0) is 19.1 Å². The van der Waals surface area contributed by atoms with Crippen LogP contribution in [0.2, 0.25) is 0 Å². The van der Waals surface area contributed by atoms with Crippen LogP contribution in [0.25, 0.3) is 0 Å². The van der Waals surface area contributed by atoms with Crippen LogP contribution < -0.4 is 4.74 Å². The minimum Gasteiger partial charge on any atom is -0.456 e. The van der Waals surface area contributed by atoms with Crippen LogP contribution in [0.4, 0.5) is 5.69 Å². The summed E-state index contributed by atoms with van der Waals surface area (Å²) in [5, 5.41) is 10.5. The van der Waals surface area contributed by atoms with Gasteiger partial charge in [-0.15, -0.1) is 5.92 Å². The number of non-ortho nitro benzene ring substituents is 1. The van der Waals surface area contributed by atoms with Crippen molar-refractivity contribution in [2.24, 2.45) is 0 Å². The SMILES string of the molecule is CC.CC#Cc1cnccc1Oc1ccc([N+](=O)[O-])cc1. The Bertz CT molecular complexity index is 655. The standard InChI is InChI=1S/C14H10N2O3.C2H6/c1-2-3-11-10-15-9-8-14(11)19-13-6-4-12(5-7-13)16(17)18;1-2/h4-10H,1H3;1-2H3. The molecule has 0 spiro atoms. The van der Waals surface area contributed by atoms with Crippen LogP contribution in [0.3, 0.4) is 0 Å². The molecule has 1 aromatic heterocycles. The van der Waals surface area contributed by atoms with Crippen molar-refractivity contribution in [2.75, 3.05) is 0 Å². The lowest BCUT2D eigenvalue weighted by Crippen LogP contribution is -1.90. The van der Waals surface area contributed by atoms with Crippen molar-refractivity contribution >= 4 is 5.69 Å². The third kappa shape index (κ3) is 4.62. The van der Waals surface area contributed by atoms with Gasteiger partial charge in [0.2, 0.25) is 0 Å². The van der Waals surface area contributed by atoms with Gasteiger partial charge in [-0.25, -0.2) is 0 Å². The van der Waals surface area contributed by atoms with Crippen molar-refractivity contribution in [3.8, 4) is 23.3 Å². The molecule has 2 rings (SSSR count). The van der Waals surface area contributed by atoms with Gasteiger partial charge >= 0.3 is 0 Å². The third-order valence-corrected chi connectivity index (χ3v) is 2.32. The highest BCUT2D eigenvalue weighted by Gasteiger charge is 2.06. The molecular formula is C16H16N2O3. The van der Waals surface area contributed by atoms with Crippen LogP contribution in [0.15, 0.2) is 42.7 Å². The van der Waals surface area contributed by atoms with Crippen molar-refractivity contribution in [1.29, 1.82) is 0 Å². The summed E-state index contributed by atoms with van der Waals surface area (Å²) in [6.07, 6.45) is 3.21. The number of aromatic nitrogens is 1. The quantitative estimate of drug-likeness (QED) is 0.482. The van der Waals surface area contributed by atoms with E-state index in [9.17, 15) is 10.1 Å². The zero-order valence-electron chi connectivity index (χ0n) is 12.2. The lowest BCUT2D eigenvalue weighted by molar-refractivity contribution is -0.384. The molecule has 0 saturated heterocycles. The normalized spacial score (nSPS) is 8.71. The highest BCUT2D eigenvalue weighted by atomic mass is 16.6. The Hall–Kier alpha value is -2.87. The molecule has 0 atom stereocenters. The van der Waals surface area contributed by atoms with Gasteiger partial charge in [-0.2, -0.15) is 0 Å². The molecule has 0 fully saturated rings. The molecule has 0 aliphatic carbocycles. The summed E-state index contributed by atoms with van der Waals surface area (Å²) >= 11 is 0. The number of ether oxygens (including phenoxy) is 1. The Balaban J connectivity index is 0.00000106. The summed E-state index contributed by atoms with van der Waals surface area (Å²) in [5.41, 5.74) is 0.694. The number of pyridine rings is 1. The van der Waals surface area contributed by atoms with Gasteiger partial charge in [0.15, 0.2) is 0 Å². The molecule has 0 saturated carbocycles. The van der Waals surface area contributed by atoms with E-state index in [0.717, 1.165) is 0 Å². The number of hydrogen-bond donors (Lipinski definition) is 0. The zero-order valence-corrected chi connectivity index (χ0v) is 12.2. The van der Waals surface area contributed by atoms with E-state index in [4.69, 9.17) is 4.74 Å². The second-order valence-corrected chi connectivity index (χ2v) is 3.60. The van der Waals surface area contributed by atoms with Crippen molar-refractivity contribution in [3.63, 3.8) is 0 Å². The molecule has 1 heterocycles. The molecule has 0 unspecified atom stereocenters. The summed E-state index contributed by atoms with van der Waals surface area (Å²) in [6.45, 7) is 5.72. The average Bonchev–Trinajstić information content (AvgIpc) is 2.52. The van der Waals surface area contributed by atoms with Crippen molar-refractivity contribution in [2.45, 2.75) is 20.8 Å². The number of nitro groups is 1. The second-order valence-electron chi connectivity index (χ2n) is 3.60. The van der Waals surface area contributed by atoms with Crippen LogP contribution in [-0.4, -0.2) is 9.91 Å². The van der Waals surface area contributed by atoms with Crippen LogP contribution in [0, 0.1) is 22.0 Å². The first-order valence-electron chi connectivity index (χ1n) is 6.50. The van der Waals surface area contributed by atoms with Gasteiger partial charge in [0, 0.05) is 30.6 Å². The summed E-state index contributed by atoms with van der Waals surface area (Å²) < 4.78 is 5.63. The molecular weight excluding hydrogens is 268 g/mol. The highest BCUT2D eigenvalue weighted by molar-refractivity contribution is 5.46.